The van der Waals surface area contributed by atoms with Crippen molar-refractivity contribution in [1.29, 1.82) is 0 Å². The topological polar surface area (TPSA) is 52.3 Å². The molecule has 0 rings (SSSR count). The predicted octanol–water partition coefficient (Wildman–Crippen LogP) is 3.75. The molecule has 0 saturated carbocycles. The Hall–Kier alpha value is -0.220. The Morgan fingerprint density at radius 3 is 2.21 bits per heavy atom. The zero-order valence-corrected chi connectivity index (χ0v) is 13.5. The summed E-state index contributed by atoms with van der Waals surface area (Å²) >= 11 is 1.76. The van der Waals surface area contributed by atoms with Crippen molar-refractivity contribution in [3.63, 3.8) is 0 Å². The molecule has 0 aromatic heterocycles. The average molecular weight is 289 g/mol. The van der Waals surface area contributed by atoms with Gasteiger partial charge in [0.25, 0.3) is 0 Å². The van der Waals surface area contributed by atoms with E-state index in [1.165, 1.54) is 51.4 Å². The lowest BCUT2D eigenvalue weighted by Crippen LogP contribution is -2.34. The largest absolute Gasteiger partial charge is 0.465 e. The number of unbranched alkanes of at least 4 members (excludes halogenated alkanes) is 7. The van der Waals surface area contributed by atoms with Crippen LogP contribution < -0.4 is 5.73 Å². The molecular formula is C15H31NO2S. The molecule has 0 aromatic rings. The van der Waals surface area contributed by atoms with Crippen molar-refractivity contribution in [3.05, 3.63) is 0 Å². The van der Waals surface area contributed by atoms with Crippen LogP contribution in [0.15, 0.2) is 0 Å². The highest BCUT2D eigenvalue weighted by molar-refractivity contribution is 7.99. The highest BCUT2D eigenvalue weighted by atomic mass is 32.2. The van der Waals surface area contributed by atoms with Crippen molar-refractivity contribution in [3.8, 4) is 0 Å². The lowest BCUT2D eigenvalue weighted by atomic mass is 10.1. The van der Waals surface area contributed by atoms with Gasteiger partial charge in [-0.1, -0.05) is 51.9 Å². The van der Waals surface area contributed by atoms with E-state index in [4.69, 9.17) is 10.5 Å². The number of ether oxygens (including phenoxy) is 1. The van der Waals surface area contributed by atoms with Crippen LogP contribution in [0.5, 0.6) is 0 Å². The number of hydrogen-bond donors (Lipinski definition) is 1. The molecule has 0 aromatic carbocycles. The maximum Gasteiger partial charge on any atom is 0.323 e. The fourth-order valence-corrected chi connectivity index (χ4v) is 2.83. The molecule has 0 saturated heterocycles. The van der Waals surface area contributed by atoms with E-state index >= 15 is 0 Å². The summed E-state index contributed by atoms with van der Waals surface area (Å²) in [5.41, 5.74) is 5.72. The minimum atomic E-state index is -0.459. The minimum absolute atomic E-state index is 0.272. The lowest BCUT2D eigenvalue weighted by Gasteiger charge is -2.09. The Balaban J connectivity index is 3.20. The summed E-state index contributed by atoms with van der Waals surface area (Å²) in [7, 11) is 0. The van der Waals surface area contributed by atoms with Gasteiger partial charge >= 0.3 is 5.97 Å². The molecule has 0 aliphatic rings. The number of esters is 1. The third-order valence-corrected chi connectivity index (χ3v) is 4.20. The van der Waals surface area contributed by atoms with E-state index in [0.29, 0.717) is 12.4 Å². The van der Waals surface area contributed by atoms with Gasteiger partial charge < -0.3 is 10.5 Å². The quantitative estimate of drug-likeness (QED) is 0.414. The first-order chi connectivity index (χ1) is 9.22. The van der Waals surface area contributed by atoms with E-state index in [9.17, 15) is 4.79 Å². The smallest absolute Gasteiger partial charge is 0.323 e. The molecule has 0 aliphatic heterocycles. The number of carbonyl (C=O) groups is 1. The third-order valence-electron chi connectivity index (χ3n) is 3.03. The molecule has 3 nitrogen and oxygen atoms in total. The van der Waals surface area contributed by atoms with Crippen molar-refractivity contribution in [2.75, 3.05) is 18.1 Å². The van der Waals surface area contributed by atoms with E-state index in [2.05, 4.69) is 6.92 Å². The highest BCUT2D eigenvalue weighted by Gasteiger charge is 2.13. The van der Waals surface area contributed by atoms with Gasteiger partial charge in [0, 0.05) is 5.75 Å². The van der Waals surface area contributed by atoms with Crippen LogP contribution >= 0.6 is 11.8 Å². The Morgan fingerprint density at radius 2 is 1.63 bits per heavy atom. The predicted molar refractivity (Wildman–Crippen MR) is 84.5 cm³/mol. The Morgan fingerprint density at radius 1 is 1.05 bits per heavy atom. The number of hydrogen-bond acceptors (Lipinski definition) is 4. The minimum Gasteiger partial charge on any atom is -0.465 e. The van der Waals surface area contributed by atoms with Gasteiger partial charge in [0.05, 0.1) is 6.61 Å². The molecular weight excluding hydrogens is 258 g/mol. The second-order valence-corrected chi connectivity index (χ2v) is 6.06. The normalized spacial score (nSPS) is 12.4. The van der Waals surface area contributed by atoms with Crippen molar-refractivity contribution in [2.24, 2.45) is 5.73 Å². The van der Waals surface area contributed by atoms with Crippen molar-refractivity contribution >= 4 is 17.7 Å². The van der Waals surface area contributed by atoms with E-state index in [0.717, 1.165) is 5.75 Å². The van der Waals surface area contributed by atoms with Crippen molar-refractivity contribution < 1.29 is 9.53 Å². The van der Waals surface area contributed by atoms with Gasteiger partial charge in [0.1, 0.15) is 6.04 Å². The number of thioether (sulfide) groups is 1. The van der Waals surface area contributed by atoms with Gasteiger partial charge in [0.2, 0.25) is 0 Å². The van der Waals surface area contributed by atoms with Gasteiger partial charge in [-0.2, -0.15) is 11.8 Å². The van der Waals surface area contributed by atoms with Crippen LogP contribution in [0, 0.1) is 0 Å². The standard InChI is InChI=1S/C15H31NO2S/c1-3-5-6-7-8-9-10-11-12-19-13-14(16)15(17)18-4-2/h14H,3-13,16H2,1-2H3/t14-/m1/s1. The fraction of sp³-hybridized carbons (Fsp3) is 0.933. The van der Waals surface area contributed by atoms with Crippen LogP contribution in [-0.4, -0.2) is 30.1 Å². The van der Waals surface area contributed by atoms with Crippen molar-refractivity contribution in [2.45, 2.75) is 71.3 Å². The first kappa shape index (κ1) is 18.8. The van der Waals surface area contributed by atoms with E-state index < -0.39 is 6.04 Å². The van der Waals surface area contributed by atoms with E-state index in [1.54, 1.807) is 18.7 Å². The molecule has 1 atom stereocenters. The van der Waals surface area contributed by atoms with Crippen LogP contribution in [0.4, 0.5) is 0 Å². The molecule has 0 radical (unpaired) electrons. The number of rotatable bonds is 13. The summed E-state index contributed by atoms with van der Waals surface area (Å²) in [4.78, 5) is 11.3. The first-order valence-electron chi connectivity index (χ1n) is 7.72. The van der Waals surface area contributed by atoms with Crippen molar-refractivity contribution in [1.82, 2.24) is 0 Å². The molecule has 0 spiro atoms. The summed E-state index contributed by atoms with van der Waals surface area (Å²) in [6, 6.07) is -0.459. The average Bonchev–Trinajstić information content (AvgIpc) is 2.41. The van der Waals surface area contributed by atoms with Crippen LogP contribution in [-0.2, 0) is 9.53 Å². The molecule has 114 valence electrons. The maximum atomic E-state index is 11.3. The van der Waals surface area contributed by atoms with Gasteiger partial charge in [0.15, 0.2) is 0 Å². The Kier molecular flexibility index (Phi) is 14.0. The second kappa shape index (κ2) is 14.2. The summed E-state index contributed by atoms with van der Waals surface area (Å²) in [6.07, 6.45) is 10.7. The molecule has 0 unspecified atom stereocenters. The zero-order chi connectivity index (χ0) is 14.3. The fourth-order valence-electron chi connectivity index (χ4n) is 1.87. The molecule has 0 amide bonds. The summed E-state index contributed by atoms with van der Waals surface area (Å²) in [6.45, 7) is 4.46. The maximum absolute atomic E-state index is 11.3. The lowest BCUT2D eigenvalue weighted by molar-refractivity contribution is -0.144. The summed E-state index contributed by atoms with van der Waals surface area (Å²) < 4.78 is 4.87. The Labute approximate surface area is 123 Å². The van der Waals surface area contributed by atoms with Crippen LogP contribution in [0.2, 0.25) is 0 Å². The Bertz CT molecular complexity index is 212. The van der Waals surface area contributed by atoms with Gasteiger partial charge in [-0.3, -0.25) is 4.79 Å². The summed E-state index contributed by atoms with van der Waals surface area (Å²) in [5, 5.41) is 0. The van der Waals surface area contributed by atoms with Crippen LogP contribution in [0.1, 0.15) is 65.2 Å². The van der Waals surface area contributed by atoms with Gasteiger partial charge in [-0.05, 0) is 19.1 Å². The monoisotopic (exact) mass is 289 g/mol. The van der Waals surface area contributed by atoms with E-state index in [-0.39, 0.29) is 5.97 Å². The molecule has 0 aliphatic carbocycles. The van der Waals surface area contributed by atoms with Crippen LogP contribution in [0.3, 0.4) is 0 Å². The van der Waals surface area contributed by atoms with Crippen LogP contribution in [0.25, 0.3) is 0 Å². The first-order valence-corrected chi connectivity index (χ1v) is 8.87. The number of nitrogens with two attached hydrogens (primary N) is 1. The van der Waals surface area contributed by atoms with Gasteiger partial charge in [-0.15, -0.1) is 0 Å². The zero-order valence-electron chi connectivity index (χ0n) is 12.7. The molecule has 4 heteroatoms. The molecule has 0 heterocycles. The second-order valence-electron chi connectivity index (χ2n) is 4.91. The molecule has 0 fully saturated rings. The summed E-state index contributed by atoms with van der Waals surface area (Å²) in [5.74, 6) is 1.50. The molecule has 19 heavy (non-hydrogen) atoms. The number of carbonyl (C=O) groups excluding carboxylic acids is 1. The SMILES string of the molecule is CCCCCCCCCCSC[C@@H](N)C(=O)OCC. The highest BCUT2D eigenvalue weighted by Crippen LogP contribution is 2.11. The molecule has 0 bridgehead atoms. The van der Waals surface area contributed by atoms with Gasteiger partial charge in [-0.25, -0.2) is 0 Å². The third kappa shape index (κ3) is 12.6. The van der Waals surface area contributed by atoms with E-state index in [1.807, 2.05) is 0 Å². The molecule has 2 N–H and O–H groups in total.